The number of amides is 2. The van der Waals surface area contributed by atoms with Gasteiger partial charge < -0.3 is 15.4 Å². The van der Waals surface area contributed by atoms with Crippen LogP contribution in [0.25, 0.3) is 0 Å². The average Bonchev–Trinajstić information content (AvgIpc) is 2.61. The first-order chi connectivity index (χ1) is 12.9. The van der Waals surface area contributed by atoms with E-state index >= 15 is 0 Å². The topological polar surface area (TPSA) is 84.5 Å². The van der Waals surface area contributed by atoms with Crippen LogP contribution >= 0.6 is 0 Å². The van der Waals surface area contributed by atoms with Crippen molar-refractivity contribution in [2.45, 2.75) is 52.6 Å². The van der Waals surface area contributed by atoms with Crippen LogP contribution in [-0.2, 0) is 20.9 Å². The third kappa shape index (κ3) is 7.21. The Morgan fingerprint density at radius 3 is 1.93 bits per heavy atom. The van der Waals surface area contributed by atoms with Crippen molar-refractivity contribution in [2.24, 2.45) is 11.8 Å². The molecule has 1 aromatic carbocycles. The first-order valence-electron chi connectivity index (χ1n) is 8.82. The van der Waals surface area contributed by atoms with Crippen molar-refractivity contribution in [2.75, 3.05) is 0 Å². The van der Waals surface area contributed by atoms with E-state index in [1.54, 1.807) is 44.2 Å². The van der Waals surface area contributed by atoms with E-state index in [1.807, 2.05) is 0 Å². The summed E-state index contributed by atoms with van der Waals surface area (Å²) < 4.78 is 43.3. The molecule has 0 aliphatic carbocycles. The fraction of sp³-hybridized carbons (Fsp3) is 0.526. The highest BCUT2D eigenvalue weighted by atomic mass is 19.4. The minimum Gasteiger partial charge on any atom is -0.445 e. The van der Waals surface area contributed by atoms with Crippen molar-refractivity contribution in [3.05, 3.63) is 35.9 Å². The van der Waals surface area contributed by atoms with E-state index in [0.717, 1.165) is 5.56 Å². The highest BCUT2D eigenvalue weighted by Gasteiger charge is 2.45. The number of carbonyl (C=O) groups is 3. The van der Waals surface area contributed by atoms with Crippen molar-refractivity contribution in [3.63, 3.8) is 0 Å². The van der Waals surface area contributed by atoms with Crippen molar-refractivity contribution in [1.82, 2.24) is 10.6 Å². The maximum Gasteiger partial charge on any atom is 0.452 e. The Bertz CT molecular complexity index is 676. The van der Waals surface area contributed by atoms with Gasteiger partial charge in [-0.3, -0.25) is 9.59 Å². The van der Waals surface area contributed by atoms with Gasteiger partial charge in [-0.25, -0.2) is 4.79 Å². The molecule has 1 rings (SSSR count). The van der Waals surface area contributed by atoms with Gasteiger partial charge in [-0.05, 0) is 17.4 Å². The van der Waals surface area contributed by atoms with Crippen LogP contribution in [0, 0.1) is 11.8 Å². The number of alkyl halides is 3. The summed E-state index contributed by atoms with van der Waals surface area (Å²) in [4.78, 5) is 36.0. The Kier molecular flexibility index (Phi) is 8.46. The normalized spacial score (nSPS) is 13.8. The number of rotatable bonds is 8. The Morgan fingerprint density at radius 1 is 0.929 bits per heavy atom. The Labute approximate surface area is 161 Å². The van der Waals surface area contributed by atoms with Crippen LogP contribution in [0.1, 0.15) is 33.3 Å². The molecule has 0 aliphatic heterocycles. The average molecular weight is 402 g/mol. The number of ether oxygens (including phenoxy) is 1. The van der Waals surface area contributed by atoms with Gasteiger partial charge in [0.05, 0.1) is 6.04 Å². The van der Waals surface area contributed by atoms with Crippen molar-refractivity contribution in [1.29, 1.82) is 0 Å². The lowest BCUT2D eigenvalue weighted by molar-refractivity contribution is -0.175. The standard InChI is InChI=1S/C19H25F3N2O4/c1-11(2)14(16(25)19(20,21)22)23-17(26)15(12(3)4)24-18(27)28-10-13-8-6-5-7-9-13/h5-9,11-12,14-15H,10H2,1-4H3,(H,23,26)(H,24,27)/t14-,15+/m1/s1. The maximum absolute atomic E-state index is 12.8. The molecule has 6 nitrogen and oxygen atoms in total. The van der Waals surface area contributed by atoms with Gasteiger partial charge in [-0.2, -0.15) is 13.2 Å². The van der Waals surface area contributed by atoms with Crippen LogP contribution < -0.4 is 10.6 Å². The number of nitrogens with one attached hydrogen (secondary N) is 2. The molecule has 0 heterocycles. The van der Waals surface area contributed by atoms with E-state index in [9.17, 15) is 27.6 Å². The SMILES string of the molecule is CC(C)[C@H](NC(=O)OCc1ccccc1)C(=O)N[C@@H](C(=O)C(F)(F)F)C(C)C. The molecule has 2 amide bonds. The van der Waals surface area contributed by atoms with Crippen molar-refractivity contribution < 1.29 is 32.3 Å². The monoisotopic (exact) mass is 402 g/mol. The van der Waals surface area contributed by atoms with Crippen LogP contribution in [0.5, 0.6) is 0 Å². The van der Waals surface area contributed by atoms with Crippen molar-refractivity contribution in [3.8, 4) is 0 Å². The predicted molar refractivity (Wildman–Crippen MR) is 96.2 cm³/mol. The van der Waals surface area contributed by atoms with Gasteiger partial charge in [-0.1, -0.05) is 58.0 Å². The highest BCUT2D eigenvalue weighted by Crippen LogP contribution is 2.21. The van der Waals surface area contributed by atoms with Gasteiger partial charge in [0.25, 0.3) is 5.78 Å². The third-order valence-electron chi connectivity index (χ3n) is 3.96. The molecule has 0 unspecified atom stereocenters. The first-order valence-corrected chi connectivity index (χ1v) is 8.82. The second-order valence-electron chi connectivity index (χ2n) is 7.02. The van der Waals surface area contributed by atoms with Crippen LogP contribution in [0.15, 0.2) is 30.3 Å². The van der Waals surface area contributed by atoms with Crippen molar-refractivity contribution >= 4 is 17.8 Å². The number of hydrogen-bond donors (Lipinski definition) is 2. The molecule has 0 fully saturated rings. The van der Waals surface area contributed by atoms with Gasteiger partial charge in [0.1, 0.15) is 12.6 Å². The summed E-state index contributed by atoms with van der Waals surface area (Å²) in [5.74, 6) is -4.15. The van der Waals surface area contributed by atoms with E-state index in [-0.39, 0.29) is 6.61 Å². The molecule has 0 spiro atoms. The second-order valence-corrected chi connectivity index (χ2v) is 7.02. The number of carbonyl (C=O) groups excluding carboxylic acids is 3. The molecule has 0 saturated carbocycles. The molecular weight excluding hydrogens is 377 g/mol. The molecule has 9 heteroatoms. The summed E-state index contributed by atoms with van der Waals surface area (Å²) in [5.41, 5.74) is 0.735. The lowest BCUT2D eigenvalue weighted by Gasteiger charge is -2.27. The van der Waals surface area contributed by atoms with E-state index in [4.69, 9.17) is 4.74 Å². The van der Waals surface area contributed by atoms with Gasteiger partial charge in [0, 0.05) is 0 Å². The van der Waals surface area contributed by atoms with Gasteiger partial charge >= 0.3 is 12.3 Å². The minimum absolute atomic E-state index is 0.0275. The molecule has 0 radical (unpaired) electrons. The molecular formula is C19H25F3N2O4. The lowest BCUT2D eigenvalue weighted by Crippen LogP contribution is -2.56. The summed E-state index contributed by atoms with van der Waals surface area (Å²) in [7, 11) is 0. The fourth-order valence-electron chi connectivity index (χ4n) is 2.38. The number of benzene rings is 1. The predicted octanol–water partition coefficient (Wildman–Crippen LogP) is 3.21. The van der Waals surface area contributed by atoms with Gasteiger partial charge in [-0.15, -0.1) is 0 Å². The maximum atomic E-state index is 12.8. The largest absolute Gasteiger partial charge is 0.452 e. The Balaban J connectivity index is 2.76. The summed E-state index contributed by atoms with van der Waals surface area (Å²) in [6.07, 6.45) is -5.96. The summed E-state index contributed by atoms with van der Waals surface area (Å²) in [5, 5.41) is 4.45. The van der Waals surface area contributed by atoms with Crippen LogP contribution in [0.3, 0.4) is 0 Å². The molecule has 0 aliphatic rings. The van der Waals surface area contributed by atoms with Gasteiger partial charge in [0.15, 0.2) is 0 Å². The molecule has 2 atom stereocenters. The van der Waals surface area contributed by atoms with Crippen LogP contribution in [-0.4, -0.2) is 36.0 Å². The summed E-state index contributed by atoms with van der Waals surface area (Å²) in [6.45, 7) is 5.97. The third-order valence-corrected chi connectivity index (χ3v) is 3.96. The minimum atomic E-state index is -5.07. The molecule has 0 bridgehead atoms. The number of alkyl carbamates (subject to hydrolysis) is 1. The molecule has 156 valence electrons. The first kappa shape index (κ1) is 23.5. The Morgan fingerprint density at radius 2 is 1.46 bits per heavy atom. The zero-order chi connectivity index (χ0) is 21.5. The summed E-state index contributed by atoms with van der Waals surface area (Å²) in [6, 6.07) is 5.93. The van der Waals surface area contributed by atoms with E-state index < -0.39 is 47.9 Å². The second kappa shape index (κ2) is 10.1. The lowest BCUT2D eigenvalue weighted by atomic mass is 9.97. The molecule has 1 aromatic rings. The molecule has 0 saturated heterocycles. The molecule has 0 aromatic heterocycles. The smallest absolute Gasteiger partial charge is 0.445 e. The molecule has 2 N–H and O–H groups in total. The zero-order valence-electron chi connectivity index (χ0n) is 16.2. The number of Topliss-reactive ketones (excluding diaryl/α,β-unsaturated/α-hetero) is 1. The summed E-state index contributed by atoms with van der Waals surface area (Å²) >= 11 is 0. The van der Waals surface area contributed by atoms with E-state index in [0.29, 0.717) is 0 Å². The highest BCUT2D eigenvalue weighted by molar-refractivity contribution is 5.94. The zero-order valence-corrected chi connectivity index (χ0v) is 16.2. The van der Waals surface area contributed by atoms with E-state index in [1.165, 1.54) is 13.8 Å². The number of halogens is 3. The van der Waals surface area contributed by atoms with Crippen LogP contribution in [0.2, 0.25) is 0 Å². The number of hydrogen-bond acceptors (Lipinski definition) is 4. The quantitative estimate of drug-likeness (QED) is 0.699. The van der Waals surface area contributed by atoms with E-state index in [2.05, 4.69) is 10.6 Å². The van der Waals surface area contributed by atoms with Gasteiger partial charge in [0.2, 0.25) is 5.91 Å². The Hall–Kier alpha value is -2.58. The fourth-order valence-corrected chi connectivity index (χ4v) is 2.38. The molecule has 28 heavy (non-hydrogen) atoms. The number of ketones is 1. The van der Waals surface area contributed by atoms with Crippen LogP contribution in [0.4, 0.5) is 18.0 Å².